The molecule has 1 amide bonds. The van der Waals surface area contributed by atoms with Crippen LogP contribution in [0.3, 0.4) is 0 Å². The molecule has 16 heavy (non-hydrogen) atoms. The summed E-state index contributed by atoms with van der Waals surface area (Å²) in [5, 5.41) is 0. The van der Waals surface area contributed by atoms with Gasteiger partial charge in [0, 0.05) is 13.6 Å². The van der Waals surface area contributed by atoms with Crippen molar-refractivity contribution in [2.75, 3.05) is 47.8 Å². The summed E-state index contributed by atoms with van der Waals surface area (Å²) in [4.78, 5) is 18.3. The van der Waals surface area contributed by atoms with Crippen molar-refractivity contribution < 1.29 is 4.79 Å². The Morgan fingerprint density at radius 2 is 2.00 bits per heavy atom. The summed E-state index contributed by atoms with van der Waals surface area (Å²) in [5.74, 6) is 0.291. The molecule has 1 aliphatic heterocycles. The average molecular weight is 227 g/mol. The van der Waals surface area contributed by atoms with Crippen molar-refractivity contribution in [1.29, 1.82) is 0 Å². The molecule has 0 unspecified atom stereocenters. The summed E-state index contributed by atoms with van der Waals surface area (Å²) in [6.45, 7) is 2.96. The Balaban J connectivity index is 2.30. The lowest BCUT2D eigenvalue weighted by Gasteiger charge is -2.25. The van der Waals surface area contributed by atoms with Gasteiger partial charge in [-0.2, -0.15) is 0 Å². The van der Waals surface area contributed by atoms with Crippen molar-refractivity contribution in [3.8, 4) is 0 Å². The fourth-order valence-electron chi connectivity index (χ4n) is 2.21. The standard InChI is InChI=1S/C12H25N3O/c1-13(2)8-6-10-15(4)12(16)11-7-5-9-14(11)3/h11H,5-10H2,1-4H3/t11-/m1/s1. The molecule has 0 radical (unpaired) electrons. The van der Waals surface area contributed by atoms with Crippen LogP contribution in [-0.2, 0) is 4.79 Å². The molecule has 94 valence electrons. The van der Waals surface area contributed by atoms with E-state index in [0.29, 0.717) is 5.91 Å². The highest BCUT2D eigenvalue weighted by Gasteiger charge is 2.29. The fraction of sp³-hybridized carbons (Fsp3) is 0.917. The molecule has 4 nitrogen and oxygen atoms in total. The highest BCUT2D eigenvalue weighted by molar-refractivity contribution is 5.81. The second-order valence-corrected chi connectivity index (χ2v) is 5.06. The smallest absolute Gasteiger partial charge is 0.239 e. The molecule has 0 aromatic rings. The van der Waals surface area contributed by atoms with Crippen molar-refractivity contribution in [3.63, 3.8) is 0 Å². The summed E-state index contributed by atoms with van der Waals surface area (Å²) in [6.07, 6.45) is 3.22. The number of hydrogen-bond donors (Lipinski definition) is 0. The van der Waals surface area contributed by atoms with Crippen LogP contribution < -0.4 is 0 Å². The third kappa shape index (κ3) is 3.76. The number of hydrogen-bond acceptors (Lipinski definition) is 3. The zero-order chi connectivity index (χ0) is 12.1. The van der Waals surface area contributed by atoms with E-state index in [-0.39, 0.29) is 6.04 Å². The van der Waals surface area contributed by atoms with Crippen LogP contribution in [0.5, 0.6) is 0 Å². The van der Waals surface area contributed by atoms with Gasteiger partial charge in [-0.3, -0.25) is 9.69 Å². The monoisotopic (exact) mass is 227 g/mol. The minimum atomic E-state index is 0.129. The maximum absolute atomic E-state index is 12.1. The molecule has 0 aromatic heterocycles. The minimum Gasteiger partial charge on any atom is -0.344 e. The van der Waals surface area contributed by atoms with Gasteiger partial charge in [-0.05, 0) is 53.5 Å². The van der Waals surface area contributed by atoms with Crippen LogP contribution in [0.1, 0.15) is 19.3 Å². The molecule has 1 atom stereocenters. The number of rotatable bonds is 5. The van der Waals surface area contributed by atoms with Gasteiger partial charge < -0.3 is 9.80 Å². The van der Waals surface area contributed by atoms with E-state index in [9.17, 15) is 4.79 Å². The Morgan fingerprint density at radius 1 is 1.31 bits per heavy atom. The molecular formula is C12H25N3O. The maximum Gasteiger partial charge on any atom is 0.239 e. The van der Waals surface area contributed by atoms with Crippen molar-refractivity contribution in [2.24, 2.45) is 0 Å². The number of likely N-dealkylation sites (N-methyl/N-ethyl adjacent to an activating group) is 2. The zero-order valence-corrected chi connectivity index (χ0v) is 11.1. The highest BCUT2D eigenvalue weighted by Crippen LogP contribution is 2.16. The Labute approximate surface area is 99.2 Å². The van der Waals surface area contributed by atoms with Gasteiger partial charge in [0.1, 0.15) is 0 Å². The largest absolute Gasteiger partial charge is 0.344 e. The molecule has 1 fully saturated rings. The second kappa shape index (κ2) is 6.21. The summed E-state index contributed by atoms with van der Waals surface area (Å²) < 4.78 is 0. The first-order valence-electron chi connectivity index (χ1n) is 6.12. The normalized spacial score (nSPS) is 21.7. The summed E-state index contributed by atoms with van der Waals surface area (Å²) in [5.41, 5.74) is 0. The molecule has 0 bridgehead atoms. The Hall–Kier alpha value is -0.610. The van der Waals surface area contributed by atoms with E-state index in [2.05, 4.69) is 23.9 Å². The van der Waals surface area contributed by atoms with Crippen LogP contribution in [0.4, 0.5) is 0 Å². The number of carbonyl (C=O) groups excluding carboxylic acids is 1. The Kier molecular flexibility index (Phi) is 5.22. The third-order valence-electron chi connectivity index (χ3n) is 3.28. The van der Waals surface area contributed by atoms with Crippen LogP contribution >= 0.6 is 0 Å². The van der Waals surface area contributed by atoms with Crippen LogP contribution in [-0.4, -0.2) is 74.5 Å². The van der Waals surface area contributed by atoms with E-state index in [4.69, 9.17) is 0 Å². The molecule has 0 N–H and O–H groups in total. The number of nitrogens with zero attached hydrogens (tertiary/aromatic N) is 3. The molecule has 0 spiro atoms. The lowest BCUT2D eigenvalue weighted by molar-refractivity contribution is -0.134. The van der Waals surface area contributed by atoms with Crippen molar-refractivity contribution in [3.05, 3.63) is 0 Å². The minimum absolute atomic E-state index is 0.129. The number of carbonyl (C=O) groups is 1. The molecule has 0 saturated carbocycles. The van der Waals surface area contributed by atoms with Gasteiger partial charge in [0.05, 0.1) is 6.04 Å². The Morgan fingerprint density at radius 3 is 2.50 bits per heavy atom. The molecule has 1 saturated heterocycles. The maximum atomic E-state index is 12.1. The second-order valence-electron chi connectivity index (χ2n) is 5.06. The molecule has 1 aliphatic rings. The zero-order valence-electron chi connectivity index (χ0n) is 11.1. The van der Waals surface area contributed by atoms with Crippen LogP contribution in [0, 0.1) is 0 Å². The molecule has 4 heteroatoms. The first-order valence-corrected chi connectivity index (χ1v) is 6.12. The molecule has 1 heterocycles. The van der Waals surface area contributed by atoms with Crippen LogP contribution in [0.25, 0.3) is 0 Å². The van der Waals surface area contributed by atoms with Gasteiger partial charge >= 0.3 is 0 Å². The first kappa shape index (κ1) is 13.5. The van der Waals surface area contributed by atoms with E-state index in [1.165, 1.54) is 0 Å². The molecule has 0 aliphatic carbocycles. The lowest BCUT2D eigenvalue weighted by Crippen LogP contribution is -2.43. The average Bonchev–Trinajstić information content (AvgIpc) is 2.62. The number of amides is 1. The van der Waals surface area contributed by atoms with E-state index >= 15 is 0 Å². The van der Waals surface area contributed by atoms with Gasteiger partial charge in [0.25, 0.3) is 0 Å². The number of likely N-dealkylation sites (tertiary alicyclic amines) is 1. The predicted molar refractivity (Wildman–Crippen MR) is 66.5 cm³/mol. The predicted octanol–water partition coefficient (Wildman–Crippen LogP) is 0.491. The van der Waals surface area contributed by atoms with Crippen molar-refractivity contribution >= 4 is 5.91 Å². The van der Waals surface area contributed by atoms with Gasteiger partial charge in [0.2, 0.25) is 5.91 Å². The SMILES string of the molecule is CN(C)CCCN(C)C(=O)[C@H]1CCCN1C. The molecule has 1 rings (SSSR count). The summed E-state index contributed by atoms with van der Waals surface area (Å²) in [7, 11) is 8.09. The van der Waals surface area contributed by atoms with Gasteiger partial charge in [-0.25, -0.2) is 0 Å². The van der Waals surface area contributed by atoms with Gasteiger partial charge in [-0.15, -0.1) is 0 Å². The van der Waals surface area contributed by atoms with Crippen LogP contribution in [0.15, 0.2) is 0 Å². The Bertz CT molecular complexity index is 230. The first-order chi connectivity index (χ1) is 7.52. The van der Waals surface area contributed by atoms with Crippen molar-refractivity contribution in [2.45, 2.75) is 25.3 Å². The van der Waals surface area contributed by atoms with E-state index < -0.39 is 0 Å². The van der Waals surface area contributed by atoms with Gasteiger partial charge in [0.15, 0.2) is 0 Å². The van der Waals surface area contributed by atoms with E-state index in [0.717, 1.165) is 38.9 Å². The quantitative estimate of drug-likeness (QED) is 0.684. The molecular weight excluding hydrogens is 202 g/mol. The fourth-order valence-corrected chi connectivity index (χ4v) is 2.21. The molecule has 0 aromatic carbocycles. The van der Waals surface area contributed by atoms with Gasteiger partial charge in [-0.1, -0.05) is 0 Å². The lowest BCUT2D eigenvalue weighted by atomic mass is 10.2. The third-order valence-corrected chi connectivity index (χ3v) is 3.28. The van der Waals surface area contributed by atoms with E-state index in [1.54, 1.807) is 0 Å². The summed E-state index contributed by atoms with van der Waals surface area (Å²) in [6, 6.07) is 0.129. The van der Waals surface area contributed by atoms with E-state index in [1.807, 2.05) is 19.0 Å². The summed E-state index contributed by atoms with van der Waals surface area (Å²) >= 11 is 0. The topological polar surface area (TPSA) is 26.8 Å². The highest BCUT2D eigenvalue weighted by atomic mass is 16.2. The van der Waals surface area contributed by atoms with Crippen molar-refractivity contribution in [1.82, 2.24) is 14.7 Å². The van der Waals surface area contributed by atoms with Crippen LogP contribution in [0.2, 0.25) is 0 Å².